The van der Waals surface area contributed by atoms with Gasteiger partial charge in [-0.1, -0.05) is 11.6 Å². The molecule has 1 aromatic rings. The molecule has 0 radical (unpaired) electrons. The Morgan fingerprint density at radius 1 is 1.50 bits per heavy atom. The number of aliphatic carboxylic acids is 1. The highest BCUT2D eigenvalue weighted by atomic mass is 35.5. The van der Waals surface area contributed by atoms with Crippen LogP contribution < -0.4 is 15.2 Å². The maximum Gasteiger partial charge on any atom is 0.364 e. The molecule has 6 nitrogen and oxygen atoms in total. The van der Waals surface area contributed by atoms with E-state index in [0.29, 0.717) is 0 Å². The van der Waals surface area contributed by atoms with E-state index in [1.165, 1.54) is 19.2 Å². The van der Waals surface area contributed by atoms with Crippen LogP contribution in [0.2, 0.25) is 5.02 Å². The molecule has 8 heteroatoms. The van der Waals surface area contributed by atoms with Crippen LogP contribution in [0.3, 0.4) is 0 Å². The number of primary amides is 1. The van der Waals surface area contributed by atoms with E-state index in [0.717, 1.165) is 6.08 Å². The Balaban J connectivity index is 3.16. The average Bonchev–Trinajstić information content (AvgIpc) is 2.36. The van der Waals surface area contributed by atoms with E-state index < -0.39 is 24.3 Å². The monoisotopic (exact) mass is 303 g/mol. The number of halogens is 2. The van der Waals surface area contributed by atoms with E-state index in [9.17, 15) is 14.0 Å². The van der Waals surface area contributed by atoms with Crippen LogP contribution >= 0.6 is 11.6 Å². The lowest BCUT2D eigenvalue weighted by molar-refractivity contribution is -0.134. The van der Waals surface area contributed by atoms with Crippen molar-refractivity contribution in [1.29, 1.82) is 0 Å². The molecule has 0 atom stereocenters. The number of nitrogens with two attached hydrogens (primary N) is 1. The zero-order valence-electron chi connectivity index (χ0n) is 10.4. The topological polar surface area (TPSA) is 98.8 Å². The number of hydrogen-bond acceptors (Lipinski definition) is 4. The van der Waals surface area contributed by atoms with Crippen molar-refractivity contribution in [3.05, 3.63) is 28.5 Å². The van der Waals surface area contributed by atoms with E-state index in [1.54, 1.807) is 0 Å². The fraction of sp³-hybridized carbons (Fsp3) is 0.167. The first-order valence-electron chi connectivity index (χ1n) is 5.24. The van der Waals surface area contributed by atoms with Crippen LogP contribution in [0.5, 0.6) is 11.5 Å². The molecule has 0 aliphatic carbocycles. The summed E-state index contributed by atoms with van der Waals surface area (Å²) in [5, 5.41) is 8.48. The molecule has 1 rings (SSSR count). The molecule has 0 spiro atoms. The lowest BCUT2D eigenvalue weighted by atomic mass is 10.2. The molecule has 0 aromatic heterocycles. The number of carboxylic acids is 1. The second-order valence-corrected chi connectivity index (χ2v) is 3.99. The largest absolute Gasteiger partial charge is 0.493 e. The van der Waals surface area contributed by atoms with Crippen LogP contribution in [0.15, 0.2) is 18.0 Å². The van der Waals surface area contributed by atoms with Gasteiger partial charge in [-0.2, -0.15) is 4.39 Å². The van der Waals surface area contributed by atoms with E-state index in [1.807, 2.05) is 0 Å². The van der Waals surface area contributed by atoms with Crippen molar-refractivity contribution < 1.29 is 28.6 Å². The van der Waals surface area contributed by atoms with Crippen LogP contribution in [0, 0.1) is 0 Å². The molecule has 0 aliphatic heterocycles. The summed E-state index contributed by atoms with van der Waals surface area (Å²) in [6.45, 7) is -0.408. The molecule has 108 valence electrons. The van der Waals surface area contributed by atoms with Crippen LogP contribution in [0.1, 0.15) is 5.56 Å². The van der Waals surface area contributed by atoms with Gasteiger partial charge in [0.2, 0.25) is 5.83 Å². The molecule has 20 heavy (non-hydrogen) atoms. The second-order valence-electron chi connectivity index (χ2n) is 3.59. The molecule has 0 saturated heterocycles. The first-order valence-corrected chi connectivity index (χ1v) is 5.62. The zero-order chi connectivity index (χ0) is 15.3. The molecular formula is C12H11ClFNO5. The van der Waals surface area contributed by atoms with Crippen molar-refractivity contribution in [3.8, 4) is 11.5 Å². The number of ether oxygens (including phenoxy) is 2. The predicted molar refractivity (Wildman–Crippen MR) is 69.4 cm³/mol. The Bertz CT molecular complexity index is 573. The van der Waals surface area contributed by atoms with Crippen molar-refractivity contribution >= 4 is 29.6 Å². The number of hydrogen-bond donors (Lipinski definition) is 2. The van der Waals surface area contributed by atoms with Gasteiger partial charge in [-0.3, -0.25) is 4.79 Å². The standard InChI is InChI=1S/C12H11ClFNO5/c1-19-9-4-6(3-8(14)12(17)18)2-7(13)11(9)20-5-10(15)16/h2-4H,5H2,1H3,(H2,15,16)(H,17,18). The number of carbonyl (C=O) groups is 2. The summed E-state index contributed by atoms with van der Waals surface area (Å²) in [6, 6.07) is 2.58. The third-order valence-electron chi connectivity index (χ3n) is 2.11. The van der Waals surface area contributed by atoms with Crippen LogP contribution in [0.4, 0.5) is 4.39 Å². The third kappa shape index (κ3) is 4.13. The molecule has 0 unspecified atom stereocenters. The molecule has 0 bridgehead atoms. The van der Waals surface area contributed by atoms with Crippen molar-refractivity contribution in [3.63, 3.8) is 0 Å². The van der Waals surface area contributed by atoms with E-state index >= 15 is 0 Å². The lowest BCUT2D eigenvalue weighted by Crippen LogP contribution is -2.20. The molecule has 0 aliphatic rings. The maximum absolute atomic E-state index is 13.0. The van der Waals surface area contributed by atoms with Crippen molar-refractivity contribution in [2.45, 2.75) is 0 Å². The summed E-state index contributed by atoms with van der Waals surface area (Å²) in [5.74, 6) is -3.59. The molecular weight excluding hydrogens is 293 g/mol. The van der Waals surface area contributed by atoms with Crippen molar-refractivity contribution in [1.82, 2.24) is 0 Å². The molecule has 1 amide bonds. The van der Waals surface area contributed by atoms with Gasteiger partial charge in [-0.25, -0.2) is 4.79 Å². The smallest absolute Gasteiger partial charge is 0.364 e. The normalized spacial score (nSPS) is 11.1. The van der Waals surface area contributed by atoms with Gasteiger partial charge in [-0.15, -0.1) is 0 Å². The van der Waals surface area contributed by atoms with Gasteiger partial charge in [0, 0.05) is 0 Å². The summed E-state index contributed by atoms with van der Waals surface area (Å²) in [6.07, 6.45) is 0.772. The van der Waals surface area contributed by atoms with Crippen LogP contribution in [-0.4, -0.2) is 30.7 Å². The van der Waals surface area contributed by atoms with Crippen molar-refractivity contribution in [2.75, 3.05) is 13.7 Å². The number of benzene rings is 1. The SMILES string of the molecule is COc1cc(C=C(F)C(=O)O)cc(Cl)c1OCC(N)=O. The quantitative estimate of drug-likeness (QED) is 0.778. The van der Waals surface area contributed by atoms with Crippen LogP contribution in [-0.2, 0) is 9.59 Å². The van der Waals surface area contributed by atoms with Gasteiger partial charge in [0.05, 0.1) is 12.1 Å². The molecule has 1 aromatic carbocycles. The second kappa shape index (κ2) is 6.76. The summed E-state index contributed by atoms with van der Waals surface area (Å²) >= 11 is 5.90. The lowest BCUT2D eigenvalue weighted by Gasteiger charge is -2.12. The Morgan fingerprint density at radius 2 is 2.15 bits per heavy atom. The minimum atomic E-state index is -1.70. The zero-order valence-corrected chi connectivity index (χ0v) is 11.1. The van der Waals surface area contributed by atoms with Crippen LogP contribution in [0.25, 0.3) is 6.08 Å². The molecule has 0 heterocycles. The van der Waals surface area contributed by atoms with Crippen molar-refractivity contribution in [2.24, 2.45) is 5.73 Å². The number of methoxy groups -OCH3 is 1. The average molecular weight is 304 g/mol. The fourth-order valence-corrected chi connectivity index (χ4v) is 1.59. The minimum Gasteiger partial charge on any atom is -0.493 e. The number of carboxylic acid groups (broad SMARTS) is 1. The highest BCUT2D eigenvalue weighted by Gasteiger charge is 2.14. The van der Waals surface area contributed by atoms with E-state index in [2.05, 4.69) is 0 Å². The molecule has 0 fully saturated rings. The fourth-order valence-electron chi connectivity index (χ4n) is 1.31. The minimum absolute atomic E-state index is 0.0232. The van der Waals surface area contributed by atoms with Gasteiger partial charge in [0.15, 0.2) is 18.1 Å². The number of rotatable bonds is 6. The highest BCUT2D eigenvalue weighted by Crippen LogP contribution is 2.37. The Labute approximate surface area is 118 Å². The number of carbonyl (C=O) groups excluding carboxylic acids is 1. The maximum atomic E-state index is 13.0. The van der Waals surface area contributed by atoms with Gasteiger partial charge in [-0.05, 0) is 23.8 Å². The summed E-state index contributed by atoms with van der Waals surface area (Å²) in [4.78, 5) is 21.1. The summed E-state index contributed by atoms with van der Waals surface area (Å²) < 4.78 is 23.1. The molecule has 0 saturated carbocycles. The molecule has 3 N–H and O–H groups in total. The summed E-state index contributed by atoms with van der Waals surface area (Å²) in [7, 11) is 1.31. The predicted octanol–water partition coefficient (Wildman–Crippen LogP) is 1.61. The number of amides is 1. The van der Waals surface area contributed by atoms with E-state index in [-0.39, 0.29) is 22.1 Å². The first-order chi connectivity index (χ1) is 9.35. The Morgan fingerprint density at radius 3 is 2.65 bits per heavy atom. The summed E-state index contributed by atoms with van der Waals surface area (Å²) in [5.41, 5.74) is 5.10. The third-order valence-corrected chi connectivity index (χ3v) is 2.39. The van der Waals surface area contributed by atoms with E-state index in [4.69, 9.17) is 31.9 Å². The van der Waals surface area contributed by atoms with Gasteiger partial charge in [0.1, 0.15) is 0 Å². The first kappa shape index (κ1) is 15.8. The van der Waals surface area contributed by atoms with Gasteiger partial charge in [0.25, 0.3) is 5.91 Å². The van der Waals surface area contributed by atoms with Gasteiger partial charge < -0.3 is 20.3 Å². The highest BCUT2D eigenvalue weighted by molar-refractivity contribution is 6.32. The Hall–Kier alpha value is -2.28. The van der Waals surface area contributed by atoms with Gasteiger partial charge >= 0.3 is 5.97 Å². The Kier molecular flexibility index (Phi) is 5.33.